The molecule has 1 saturated carbocycles. The molecule has 0 aromatic carbocycles. The van der Waals surface area contributed by atoms with Gasteiger partial charge in [0.1, 0.15) is 0 Å². The van der Waals surface area contributed by atoms with Crippen molar-refractivity contribution in [2.75, 3.05) is 0 Å². The van der Waals surface area contributed by atoms with Crippen LogP contribution in [0, 0.1) is 23.0 Å². The highest BCUT2D eigenvalue weighted by Crippen LogP contribution is 2.26. The lowest BCUT2D eigenvalue weighted by Gasteiger charge is -2.26. The second kappa shape index (κ2) is 7.16. The first-order valence-corrected chi connectivity index (χ1v) is 8.54. The quantitative estimate of drug-likeness (QED) is 0.223. The minimum atomic E-state index is -0.400. The van der Waals surface area contributed by atoms with Crippen molar-refractivity contribution in [3.05, 3.63) is 16.9 Å². The molecule has 21 heavy (non-hydrogen) atoms. The van der Waals surface area contributed by atoms with Gasteiger partial charge in [-0.1, -0.05) is 31.3 Å². The summed E-state index contributed by atoms with van der Waals surface area (Å²) in [6.07, 6.45) is 13.0. The van der Waals surface area contributed by atoms with Crippen molar-refractivity contribution in [3.63, 3.8) is 0 Å². The van der Waals surface area contributed by atoms with Gasteiger partial charge in [0.2, 0.25) is 5.71 Å². The van der Waals surface area contributed by atoms with Crippen LogP contribution in [0.4, 0.5) is 0 Å². The van der Waals surface area contributed by atoms with E-state index in [1.54, 1.807) is 0 Å². The zero-order chi connectivity index (χ0) is 15.3. The Balaban J connectivity index is 2.28. The minimum absolute atomic E-state index is 0.368. The topological polar surface area (TPSA) is 26.1 Å². The second-order valence-corrected chi connectivity index (χ2v) is 7.41. The third-order valence-electron chi connectivity index (χ3n) is 4.46. The number of hydroxylamine groups is 1. The first kappa shape index (κ1) is 16.1. The molecule has 0 saturated heterocycles. The number of hydrogen-bond acceptors (Lipinski definition) is 1. The highest BCUT2D eigenvalue weighted by atomic mass is 16.5. The van der Waals surface area contributed by atoms with Crippen molar-refractivity contribution >= 4 is 5.71 Å². The van der Waals surface area contributed by atoms with E-state index in [0.29, 0.717) is 5.92 Å². The van der Waals surface area contributed by atoms with E-state index in [1.807, 2.05) is 20.8 Å². The van der Waals surface area contributed by atoms with Crippen molar-refractivity contribution in [3.8, 4) is 11.8 Å². The van der Waals surface area contributed by atoms with E-state index in [1.165, 1.54) is 42.4 Å². The van der Waals surface area contributed by atoms with Gasteiger partial charge in [0.05, 0.1) is 5.92 Å². The predicted molar refractivity (Wildman–Crippen MR) is 89.3 cm³/mol. The van der Waals surface area contributed by atoms with E-state index in [0.717, 1.165) is 31.4 Å². The van der Waals surface area contributed by atoms with Crippen molar-refractivity contribution in [1.82, 2.24) is 0 Å². The van der Waals surface area contributed by atoms with Crippen molar-refractivity contribution in [1.29, 1.82) is 0 Å². The lowest BCUT2D eigenvalue weighted by Crippen LogP contribution is -2.36. The molecule has 0 radical (unpaired) electrons. The van der Waals surface area contributed by atoms with Crippen LogP contribution in [0.5, 0.6) is 0 Å². The summed E-state index contributed by atoms with van der Waals surface area (Å²) in [6, 6.07) is 0. The maximum atomic E-state index is 12.7. The van der Waals surface area contributed by atoms with Crippen LogP contribution in [0.15, 0.2) is 11.6 Å². The van der Waals surface area contributed by atoms with Crippen molar-refractivity contribution in [2.45, 2.75) is 84.1 Å². The summed E-state index contributed by atoms with van der Waals surface area (Å²) in [4.78, 5) is 0. The molecule has 2 rings (SSSR count). The van der Waals surface area contributed by atoms with Crippen LogP contribution >= 0.6 is 0 Å². The van der Waals surface area contributed by atoms with Crippen LogP contribution in [0.25, 0.3) is 0 Å². The summed E-state index contributed by atoms with van der Waals surface area (Å²) < 4.78 is 1.18. The summed E-state index contributed by atoms with van der Waals surface area (Å²) in [5, 5.41) is 12.7. The average Bonchev–Trinajstić information content (AvgIpc) is 2.48. The molecule has 0 aromatic rings. The number of nitrogens with zero attached hydrogens (tertiary/aromatic N) is 1. The zero-order valence-electron chi connectivity index (χ0n) is 13.9. The first-order chi connectivity index (χ1) is 9.98. The third-order valence-corrected chi connectivity index (χ3v) is 4.46. The number of hydrogen-bond donors (Lipinski definition) is 0. The molecule has 2 nitrogen and oxygen atoms in total. The average molecular weight is 287 g/mol. The minimum Gasteiger partial charge on any atom is -0.623 e. The second-order valence-electron chi connectivity index (χ2n) is 7.41. The molecule has 0 heterocycles. The Kier molecular flexibility index (Phi) is 5.51. The lowest BCUT2D eigenvalue weighted by molar-refractivity contribution is -0.536. The van der Waals surface area contributed by atoms with E-state index < -0.39 is 5.54 Å². The smallest absolute Gasteiger partial charge is 0.242 e. The van der Waals surface area contributed by atoms with Crippen LogP contribution in [-0.2, 0) is 0 Å². The Labute approximate surface area is 129 Å². The molecule has 0 aromatic heterocycles. The van der Waals surface area contributed by atoms with Crippen LogP contribution < -0.4 is 0 Å². The van der Waals surface area contributed by atoms with E-state index in [4.69, 9.17) is 0 Å². The SMILES string of the molecule is CC(C)(C)/[N+]([O-])=C(/C#CC1=CCCCC1)C1CCCCC1. The molecule has 116 valence electrons. The molecule has 2 aliphatic rings. The van der Waals surface area contributed by atoms with E-state index in [2.05, 4.69) is 17.9 Å². The first-order valence-electron chi connectivity index (χ1n) is 8.54. The number of allylic oxidation sites excluding steroid dienone is 2. The predicted octanol–water partition coefficient (Wildman–Crippen LogP) is 4.82. The van der Waals surface area contributed by atoms with Gasteiger partial charge in [-0.15, -0.1) is 0 Å². The van der Waals surface area contributed by atoms with E-state index in [-0.39, 0.29) is 0 Å². The van der Waals surface area contributed by atoms with Gasteiger partial charge in [0.25, 0.3) is 0 Å². The Morgan fingerprint density at radius 3 is 2.43 bits per heavy atom. The van der Waals surface area contributed by atoms with Gasteiger partial charge in [-0.2, -0.15) is 4.74 Å². The molecule has 0 spiro atoms. The summed E-state index contributed by atoms with van der Waals surface area (Å²) in [5.74, 6) is 6.95. The molecule has 0 unspecified atom stereocenters. The standard InChI is InChI=1S/C19H29NO/c1-19(2,3)20(21)18(17-12-8-5-9-13-17)15-14-16-10-6-4-7-11-16/h10,17H,4-9,11-13H2,1-3H3/b20-18+. The molecular weight excluding hydrogens is 258 g/mol. The van der Waals surface area contributed by atoms with Crippen molar-refractivity contribution < 1.29 is 4.74 Å². The Morgan fingerprint density at radius 1 is 1.14 bits per heavy atom. The van der Waals surface area contributed by atoms with E-state index >= 15 is 0 Å². The largest absolute Gasteiger partial charge is 0.623 e. The fraction of sp³-hybridized carbons (Fsp3) is 0.737. The highest BCUT2D eigenvalue weighted by molar-refractivity contribution is 5.99. The fourth-order valence-electron chi connectivity index (χ4n) is 3.15. The van der Waals surface area contributed by atoms with E-state index in [9.17, 15) is 5.21 Å². The lowest BCUT2D eigenvalue weighted by atomic mass is 9.85. The van der Waals surface area contributed by atoms with Crippen LogP contribution in [0.3, 0.4) is 0 Å². The van der Waals surface area contributed by atoms with Crippen LogP contribution in [0.2, 0.25) is 0 Å². The van der Waals surface area contributed by atoms with Gasteiger partial charge in [-0.05, 0) is 44.1 Å². The molecule has 0 N–H and O–H groups in total. The van der Waals surface area contributed by atoms with Gasteiger partial charge in [-0.25, -0.2) is 0 Å². The van der Waals surface area contributed by atoms with Gasteiger partial charge < -0.3 is 5.21 Å². The fourth-order valence-corrected chi connectivity index (χ4v) is 3.15. The van der Waals surface area contributed by atoms with Crippen molar-refractivity contribution in [2.24, 2.45) is 5.92 Å². The molecule has 2 aliphatic carbocycles. The zero-order valence-corrected chi connectivity index (χ0v) is 13.9. The van der Waals surface area contributed by atoms with Gasteiger partial charge in [0.15, 0.2) is 5.54 Å². The maximum Gasteiger partial charge on any atom is 0.242 e. The molecule has 0 bridgehead atoms. The summed E-state index contributed by atoms with van der Waals surface area (Å²) >= 11 is 0. The highest BCUT2D eigenvalue weighted by Gasteiger charge is 2.29. The Hall–Kier alpha value is -1.23. The third kappa shape index (κ3) is 4.63. The van der Waals surface area contributed by atoms with Gasteiger partial charge in [0, 0.05) is 26.7 Å². The molecule has 0 amide bonds. The number of rotatable bonds is 1. The molecule has 2 heteroatoms. The van der Waals surface area contributed by atoms with Crippen LogP contribution in [-0.4, -0.2) is 16.0 Å². The monoisotopic (exact) mass is 287 g/mol. The molecule has 0 aliphatic heterocycles. The normalized spacial score (nSPS) is 22.0. The van der Waals surface area contributed by atoms with Crippen LogP contribution in [0.1, 0.15) is 78.6 Å². The molecule has 1 fully saturated rings. The maximum absolute atomic E-state index is 12.7. The Bertz CT molecular complexity index is 476. The summed E-state index contributed by atoms with van der Waals surface area (Å²) in [5.41, 5.74) is 1.66. The Morgan fingerprint density at radius 2 is 1.86 bits per heavy atom. The van der Waals surface area contributed by atoms with Gasteiger partial charge in [-0.3, -0.25) is 0 Å². The molecule has 0 atom stereocenters. The van der Waals surface area contributed by atoms with Gasteiger partial charge >= 0.3 is 0 Å². The molecular formula is C19H29NO. The summed E-state index contributed by atoms with van der Waals surface area (Å²) in [6.45, 7) is 5.93. The summed E-state index contributed by atoms with van der Waals surface area (Å²) in [7, 11) is 0.